The van der Waals surface area contributed by atoms with Gasteiger partial charge in [0.2, 0.25) is 0 Å². The van der Waals surface area contributed by atoms with Crippen LogP contribution in [0.2, 0.25) is 0 Å². The highest BCUT2D eigenvalue weighted by atomic mass is 32.2. The highest BCUT2D eigenvalue weighted by Crippen LogP contribution is 2.08. The summed E-state index contributed by atoms with van der Waals surface area (Å²) in [6, 6.07) is 0.0911. The summed E-state index contributed by atoms with van der Waals surface area (Å²) in [4.78, 5) is 4.36. The second-order valence-electron chi connectivity index (χ2n) is 4.59. The lowest BCUT2D eigenvalue weighted by Gasteiger charge is -2.23. The Morgan fingerprint density at radius 2 is 2.44 bits per heavy atom. The van der Waals surface area contributed by atoms with E-state index in [2.05, 4.69) is 15.6 Å². The predicted molar refractivity (Wildman–Crippen MR) is 73.6 cm³/mol. The minimum absolute atomic E-state index is 0.0911. The fourth-order valence-electron chi connectivity index (χ4n) is 2.03. The van der Waals surface area contributed by atoms with Gasteiger partial charge in [-0.15, -0.1) is 11.3 Å². The maximum Gasteiger partial charge on any atom is 0.153 e. The van der Waals surface area contributed by atoms with E-state index in [1.54, 1.807) is 11.3 Å². The quantitative estimate of drug-likeness (QED) is 0.764. The van der Waals surface area contributed by atoms with Crippen LogP contribution >= 0.6 is 11.3 Å². The molecule has 1 saturated heterocycles. The molecule has 102 valence electrons. The van der Waals surface area contributed by atoms with Crippen molar-refractivity contribution in [1.29, 1.82) is 0 Å². The van der Waals surface area contributed by atoms with Gasteiger partial charge in [0.05, 0.1) is 22.2 Å². The van der Waals surface area contributed by atoms with Gasteiger partial charge in [-0.2, -0.15) is 0 Å². The van der Waals surface area contributed by atoms with Crippen molar-refractivity contribution in [2.75, 3.05) is 24.6 Å². The van der Waals surface area contributed by atoms with Gasteiger partial charge in [0.1, 0.15) is 0 Å². The van der Waals surface area contributed by atoms with Gasteiger partial charge < -0.3 is 10.6 Å². The van der Waals surface area contributed by atoms with Gasteiger partial charge >= 0.3 is 0 Å². The fourth-order valence-corrected chi connectivity index (χ4v) is 4.14. The molecule has 7 heteroatoms. The highest BCUT2D eigenvalue weighted by molar-refractivity contribution is 7.91. The molecule has 0 radical (unpaired) electrons. The summed E-state index contributed by atoms with van der Waals surface area (Å²) in [6.07, 6.45) is 0.836. The average molecular weight is 289 g/mol. The minimum atomic E-state index is -2.82. The fraction of sp³-hybridized carbons (Fsp3) is 0.727. The van der Waals surface area contributed by atoms with Crippen LogP contribution in [-0.4, -0.2) is 44.0 Å². The van der Waals surface area contributed by atoms with Crippen LogP contribution in [0.5, 0.6) is 0 Å². The van der Waals surface area contributed by atoms with E-state index in [0.29, 0.717) is 6.54 Å². The number of aryl methyl sites for hydroxylation is 1. The molecular weight excluding hydrogens is 270 g/mol. The zero-order valence-electron chi connectivity index (χ0n) is 10.5. The van der Waals surface area contributed by atoms with E-state index in [1.807, 2.05) is 12.3 Å². The summed E-state index contributed by atoms with van der Waals surface area (Å²) in [5.74, 6) is 0.541. The summed E-state index contributed by atoms with van der Waals surface area (Å²) in [5, 5.41) is 9.67. The smallest absolute Gasteiger partial charge is 0.153 e. The zero-order chi connectivity index (χ0) is 13.0. The first kappa shape index (κ1) is 13.9. The van der Waals surface area contributed by atoms with Crippen molar-refractivity contribution in [3.8, 4) is 0 Å². The molecule has 5 nitrogen and oxygen atoms in total. The molecule has 1 unspecified atom stereocenters. The summed E-state index contributed by atoms with van der Waals surface area (Å²) >= 11 is 1.65. The molecule has 2 N–H and O–H groups in total. The Balaban J connectivity index is 1.66. The topological polar surface area (TPSA) is 71.1 Å². The summed E-state index contributed by atoms with van der Waals surface area (Å²) in [6.45, 7) is 4.14. The Labute approximate surface area is 112 Å². The number of sulfone groups is 1. The van der Waals surface area contributed by atoms with Crippen LogP contribution in [0.4, 0.5) is 0 Å². The molecule has 1 aromatic rings. The van der Waals surface area contributed by atoms with Gasteiger partial charge in [0.15, 0.2) is 9.84 Å². The molecule has 1 aliphatic rings. The lowest BCUT2D eigenvalue weighted by molar-refractivity contribution is 0.478. The molecule has 2 heterocycles. The monoisotopic (exact) mass is 289 g/mol. The van der Waals surface area contributed by atoms with Crippen LogP contribution < -0.4 is 10.6 Å². The number of hydrogen-bond donors (Lipinski definition) is 2. The van der Waals surface area contributed by atoms with Crippen LogP contribution in [0, 0.1) is 6.92 Å². The van der Waals surface area contributed by atoms with Gasteiger partial charge in [0, 0.05) is 24.5 Å². The van der Waals surface area contributed by atoms with Gasteiger partial charge in [-0.3, -0.25) is 0 Å². The van der Waals surface area contributed by atoms with Crippen molar-refractivity contribution in [3.63, 3.8) is 0 Å². The third kappa shape index (κ3) is 4.31. The largest absolute Gasteiger partial charge is 0.312 e. The van der Waals surface area contributed by atoms with Crippen molar-refractivity contribution in [3.05, 3.63) is 16.1 Å². The third-order valence-electron chi connectivity index (χ3n) is 2.94. The van der Waals surface area contributed by atoms with E-state index >= 15 is 0 Å². The predicted octanol–water partition coefficient (Wildman–Crippen LogP) is 0.318. The van der Waals surface area contributed by atoms with E-state index in [4.69, 9.17) is 0 Å². The molecule has 18 heavy (non-hydrogen) atoms. The number of thiazole rings is 1. The molecule has 0 amide bonds. The number of aromatic nitrogens is 1. The van der Waals surface area contributed by atoms with E-state index in [1.165, 1.54) is 0 Å². The Morgan fingerprint density at radius 3 is 3.11 bits per heavy atom. The summed E-state index contributed by atoms with van der Waals surface area (Å²) in [7, 11) is -2.82. The van der Waals surface area contributed by atoms with E-state index < -0.39 is 9.84 Å². The zero-order valence-corrected chi connectivity index (χ0v) is 12.1. The lowest BCUT2D eigenvalue weighted by Crippen LogP contribution is -2.46. The molecule has 0 bridgehead atoms. The normalized spacial score (nSPS) is 23.1. The van der Waals surface area contributed by atoms with Crippen molar-refractivity contribution in [2.45, 2.75) is 25.9 Å². The van der Waals surface area contributed by atoms with Crippen LogP contribution in [0.15, 0.2) is 5.38 Å². The van der Waals surface area contributed by atoms with Crippen molar-refractivity contribution in [1.82, 2.24) is 15.6 Å². The van der Waals surface area contributed by atoms with E-state index in [9.17, 15) is 8.42 Å². The molecule has 0 aliphatic carbocycles. The highest BCUT2D eigenvalue weighted by Gasteiger charge is 2.23. The third-order valence-corrected chi connectivity index (χ3v) is 5.50. The number of nitrogens with one attached hydrogen (secondary N) is 2. The summed E-state index contributed by atoms with van der Waals surface area (Å²) in [5.41, 5.74) is 1.06. The molecular formula is C11H19N3O2S2. The van der Waals surface area contributed by atoms with Crippen LogP contribution in [-0.2, 0) is 16.4 Å². The molecule has 2 rings (SSSR count). The van der Waals surface area contributed by atoms with E-state index in [-0.39, 0.29) is 17.5 Å². The molecule has 0 saturated carbocycles. The molecule has 1 aromatic heterocycles. The standard InChI is InChI=1S/C11H19N3O2S2/c1-9-14-11(7-17-9)6-12-3-2-10-8-18(15,16)5-4-13-10/h7,10,12-13H,2-6,8H2,1H3. The van der Waals surface area contributed by atoms with Gasteiger partial charge in [-0.1, -0.05) is 0 Å². The van der Waals surface area contributed by atoms with E-state index in [0.717, 1.165) is 30.2 Å². The second-order valence-corrected chi connectivity index (χ2v) is 7.88. The van der Waals surface area contributed by atoms with Gasteiger partial charge in [-0.05, 0) is 19.9 Å². The maximum absolute atomic E-state index is 11.4. The van der Waals surface area contributed by atoms with Crippen LogP contribution in [0.1, 0.15) is 17.1 Å². The number of hydrogen-bond acceptors (Lipinski definition) is 6. The number of rotatable bonds is 5. The Morgan fingerprint density at radius 1 is 1.61 bits per heavy atom. The maximum atomic E-state index is 11.4. The molecule has 0 spiro atoms. The number of nitrogens with zero attached hydrogens (tertiary/aromatic N) is 1. The Hall–Kier alpha value is -0.500. The van der Waals surface area contributed by atoms with Gasteiger partial charge in [-0.25, -0.2) is 13.4 Å². The van der Waals surface area contributed by atoms with Crippen LogP contribution in [0.25, 0.3) is 0 Å². The first-order valence-electron chi connectivity index (χ1n) is 6.11. The minimum Gasteiger partial charge on any atom is -0.312 e. The average Bonchev–Trinajstić information content (AvgIpc) is 2.69. The molecule has 1 atom stereocenters. The van der Waals surface area contributed by atoms with Crippen molar-refractivity contribution in [2.24, 2.45) is 0 Å². The Bertz CT molecular complexity index is 484. The summed E-state index contributed by atoms with van der Waals surface area (Å²) < 4.78 is 22.9. The lowest BCUT2D eigenvalue weighted by atomic mass is 10.2. The van der Waals surface area contributed by atoms with Crippen molar-refractivity contribution < 1.29 is 8.42 Å². The Kier molecular flexibility index (Phi) is 4.71. The molecule has 1 fully saturated rings. The first-order chi connectivity index (χ1) is 8.55. The molecule has 1 aliphatic heterocycles. The van der Waals surface area contributed by atoms with Crippen LogP contribution in [0.3, 0.4) is 0 Å². The first-order valence-corrected chi connectivity index (χ1v) is 8.81. The molecule has 0 aromatic carbocycles. The van der Waals surface area contributed by atoms with Crippen molar-refractivity contribution >= 4 is 21.2 Å². The SMILES string of the molecule is Cc1nc(CNCCC2CS(=O)(=O)CCN2)cs1. The van der Waals surface area contributed by atoms with Gasteiger partial charge in [0.25, 0.3) is 0 Å². The second kappa shape index (κ2) is 6.10.